The van der Waals surface area contributed by atoms with Gasteiger partial charge in [0.15, 0.2) is 0 Å². The molecular weight excluding hydrogens is 225 g/mol. The third-order valence-electron chi connectivity index (χ3n) is 1.57. The molecule has 1 aromatic carbocycles. The summed E-state index contributed by atoms with van der Waals surface area (Å²) in [6.45, 7) is 0. The summed E-state index contributed by atoms with van der Waals surface area (Å²) in [5.41, 5.74) is 1.06. The van der Waals surface area contributed by atoms with Crippen LogP contribution in [0.5, 0.6) is 0 Å². The van der Waals surface area contributed by atoms with E-state index >= 15 is 0 Å². The Hall–Kier alpha value is -0.747. The molecule has 11 heavy (non-hydrogen) atoms. The zero-order chi connectivity index (χ0) is 7.68. The number of fused-ring (bicyclic) bond motifs is 1. The monoisotopic (exact) mass is 231 g/mol. The van der Waals surface area contributed by atoms with E-state index in [1.54, 1.807) is 0 Å². The van der Waals surface area contributed by atoms with Gasteiger partial charge in [-0.1, -0.05) is 0 Å². The molecule has 56 valence electrons. The molecule has 0 unspecified atom stereocenters. The van der Waals surface area contributed by atoms with Crippen LogP contribution in [0.3, 0.4) is 0 Å². The van der Waals surface area contributed by atoms with Crippen molar-refractivity contribution in [1.82, 2.24) is 4.98 Å². The van der Waals surface area contributed by atoms with Crippen molar-refractivity contribution in [2.24, 2.45) is 0 Å². The van der Waals surface area contributed by atoms with E-state index in [2.05, 4.69) is 35.4 Å². The number of pyridine rings is 1. The normalized spacial score (nSPS) is 10.4. The molecule has 0 saturated carbocycles. The molecule has 0 spiro atoms. The van der Waals surface area contributed by atoms with Gasteiger partial charge in [-0.2, -0.15) is 0 Å². The fraction of sp³-hybridized carbons (Fsp3) is 0. The van der Waals surface area contributed by atoms with Gasteiger partial charge < -0.3 is 0 Å². The van der Waals surface area contributed by atoms with Crippen molar-refractivity contribution in [3.05, 3.63) is 36.5 Å². The van der Waals surface area contributed by atoms with Crippen LogP contribution in [0.15, 0.2) is 36.5 Å². The molecule has 0 saturated heterocycles. The van der Waals surface area contributed by atoms with Gasteiger partial charge in [-0.3, -0.25) is 0 Å². The number of aromatic nitrogens is 1. The Bertz CT molecular complexity index is 379. The number of rotatable bonds is 0. The quantitative estimate of drug-likeness (QED) is 0.624. The third kappa shape index (κ3) is 1.19. The standard InChI is InChI=1S/C9H6N.Rh/c1-2-6-9-8(4-1)5-3-7-10-9;/h1-5,7H;. The number of para-hydroxylation sites is 1. The van der Waals surface area contributed by atoms with Gasteiger partial charge in [-0.05, 0) is 0 Å². The number of nitrogens with zero attached hydrogens (tertiary/aromatic N) is 1. The van der Waals surface area contributed by atoms with Gasteiger partial charge >= 0.3 is 74.9 Å². The summed E-state index contributed by atoms with van der Waals surface area (Å²) in [5.74, 6) is 0. The fourth-order valence-electron chi connectivity index (χ4n) is 1.05. The summed E-state index contributed by atoms with van der Waals surface area (Å²) < 4.78 is 1.13. The van der Waals surface area contributed by atoms with Crippen LogP contribution in [0, 0.1) is 0 Å². The van der Waals surface area contributed by atoms with E-state index < -0.39 is 0 Å². The van der Waals surface area contributed by atoms with Crippen LogP contribution in [0.1, 0.15) is 0 Å². The molecule has 2 aromatic rings. The summed E-state index contributed by atoms with van der Waals surface area (Å²) in [5, 5.41) is 1.19. The molecule has 0 aliphatic heterocycles. The van der Waals surface area contributed by atoms with Gasteiger partial charge in [-0.15, -0.1) is 0 Å². The summed E-state index contributed by atoms with van der Waals surface area (Å²) >= 11 is 2.87. The van der Waals surface area contributed by atoms with E-state index in [0.717, 1.165) is 9.67 Å². The van der Waals surface area contributed by atoms with E-state index in [1.807, 2.05) is 24.4 Å². The molecular formula is C9H6NRh. The predicted octanol–water partition coefficient (Wildman–Crippen LogP) is 1.41. The molecule has 1 aromatic heterocycles. The topological polar surface area (TPSA) is 12.9 Å². The van der Waals surface area contributed by atoms with Crippen molar-refractivity contribution in [1.29, 1.82) is 0 Å². The molecule has 1 heterocycles. The Labute approximate surface area is 75.1 Å². The second-order valence-electron chi connectivity index (χ2n) is 2.29. The van der Waals surface area contributed by atoms with Crippen LogP contribution in [0.2, 0.25) is 0 Å². The zero-order valence-electron chi connectivity index (χ0n) is 5.74. The van der Waals surface area contributed by atoms with E-state index in [4.69, 9.17) is 0 Å². The maximum atomic E-state index is 4.25. The average Bonchev–Trinajstić information content (AvgIpc) is 2.06. The van der Waals surface area contributed by atoms with Crippen molar-refractivity contribution >= 4 is 15.1 Å². The van der Waals surface area contributed by atoms with Gasteiger partial charge in [0.05, 0.1) is 0 Å². The first kappa shape index (κ1) is 6.93. The first-order valence-corrected chi connectivity index (χ1v) is 4.17. The van der Waals surface area contributed by atoms with Gasteiger partial charge in [0.25, 0.3) is 0 Å². The van der Waals surface area contributed by atoms with Crippen molar-refractivity contribution in [3.8, 4) is 0 Å². The van der Waals surface area contributed by atoms with Gasteiger partial charge in [0, 0.05) is 0 Å². The number of benzene rings is 1. The number of hydrogen-bond donors (Lipinski definition) is 0. The summed E-state index contributed by atoms with van der Waals surface area (Å²) in [4.78, 5) is 4.25. The second kappa shape index (κ2) is 2.71. The van der Waals surface area contributed by atoms with Crippen molar-refractivity contribution in [2.45, 2.75) is 0 Å². The minimum atomic E-state index is 1.06. The summed E-state index contributed by atoms with van der Waals surface area (Å²) in [6.07, 6.45) is 1.81. The Kier molecular flexibility index (Phi) is 1.71. The van der Waals surface area contributed by atoms with Crippen molar-refractivity contribution in [3.63, 3.8) is 0 Å². The minimum absolute atomic E-state index is 1.06. The zero-order valence-corrected chi connectivity index (χ0v) is 7.38. The van der Waals surface area contributed by atoms with E-state index in [0.29, 0.717) is 0 Å². The van der Waals surface area contributed by atoms with Crippen molar-refractivity contribution < 1.29 is 18.3 Å². The van der Waals surface area contributed by atoms with Crippen LogP contribution >= 0.6 is 0 Å². The molecule has 2 rings (SSSR count). The molecule has 0 bridgehead atoms. The molecule has 0 amide bonds. The summed E-state index contributed by atoms with van der Waals surface area (Å²) in [7, 11) is 0. The number of hydrogen-bond acceptors (Lipinski definition) is 1. The molecule has 0 fully saturated rings. The molecule has 0 radical (unpaired) electrons. The molecule has 0 aliphatic carbocycles. The van der Waals surface area contributed by atoms with Crippen LogP contribution < -0.4 is 4.16 Å². The summed E-state index contributed by atoms with van der Waals surface area (Å²) in [6, 6.07) is 10.1. The van der Waals surface area contributed by atoms with E-state index in [1.165, 1.54) is 5.39 Å². The molecule has 0 N–H and O–H groups in total. The first-order chi connectivity index (χ1) is 5.38. The van der Waals surface area contributed by atoms with E-state index in [-0.39, 0.29) is 0 Å². The predicted molar refractivity (Wildman–Crippen MR) is 41.4 cm³/mol. The Morgan fingerprint density at radius 3 is 2.73 bits per heavy atom. The van der Waals surface area contributed by atoms with Crippen LogP contribution in [-0.2, 0) is 18.3 Å². The second-order valence-corrected chi connectivity index (χ2v) is 3.17. The van der Waals surface area contributed by atoms with Gasteiger partial charge in [-0.25, -0.2) is 0 Å². The first-order valence-electron chi connectivity index (χ1n) is 3.35. The van der Waals surface area contributed by atoms with Gasteiger partial charge in [0.1, 0.15) is 0 Å². The molecule has 0 aliphatic rings. The van der Waals surface area contributed by atoms with Crippen molar-refractivity contribution in [2.75, 3.05) is 0 Å². The SMILES string of the molecule is [Rh][c]1cccc2cccnc12. The van der Waals surface area contributed by atoms with E-state index in [9.17, 15) is 0 Å². The fourth-order valence-corrected chi connectivity index (χ4v) is 1.55. The van der Waals surface area contributed by atoms with Crippen LogP contribution in [0.25, 0.3) is 10.9 Å². The Morgan fingerprint density at radius 1 is 1.09 bits per heavy atom. The maximum absolute atomic E-state index is 4.25. The molecule has 0 atom stereocenters. The van der Waals surface area contributed by atoms with Crippen LogP contribution in [-0.4, -0.2) is 4.98 Å². The average molecular weight is 231 g/mol. The van der Waals surface area contributed by atoms with Crippen LogP contribution in [0.4, 0.5) is 0 Å². The third-order valence-corrected chi connectivity index (χ3v) is 2.23. The molecule has 2 heteroatoms. The Morgan fingerprint density at radius 2 is 1.91 bits per heavy atom. The molecule has 1 nitrogen and oxygen atoms in total. The Balaban J connectivity index is 2.91. The van der Waals surface area contributed by atoms with Gasteiger partial charge in [0.2, 0.25) is 0 Å².